The van der Waals surface area contributed by atoms with Gasteiger partial charge in [0.15, 0.2) is 17.4 Å². The molecule has 5 N–H and O–H groups in total. The van der Waals surface area contributed by atoms with E-state index in [0.717, 1.165) is 6.92 Å². The molecule has 0 rings (SSSR count). The maximum Gasteiger partial charge on any atom is 0.363 e. The zero-order valence-electron chi connectivity index (χ0n) is 7.13. The van der Waals surface area contributed by atoms with Crippen LogP contribution in [0.25, 0.3) is 0 Å². The van der Waals surface area contributed by atoms with Crippen LogP contribution in [0.3, 0.4) is 0 Å². The van der Waals surface area contributed by atoms with E-state index in [2.05, 4.69) is 0 Å². The Bertz CT molecular complexity index is 183. The van der Waals surface area contributed by atoms with Crippen LogP contribution in [0.4, 0.5) is 0 Å². The highest BCUT2D eigenvalue weighted by Crippen LogP contribution is 1.93. The van der Waals surface area contributed by atoms with Gasteiger partial charge in [-0.05, 0) is 6.92 Å². The van der Waals surface area contributed by atoms with Crippen LogP contribution in [0.2, 0.25) is 0 Å². The molecule has 0 saturated carbocycles. The molecule has 0 aliphatic rings. The molecule has 1 atom stereocenters. The first kappa shape index (κ1) is 19.0. The van der Waals surface area contributed by atoms with Crippen molar-refractivity contribution in [1.29, 1.82) is 0 Å². The molecule has 7 nitrogen and oxygen atoms in total. The van der Waals surface area contributed by atoms with Gasteiger partial charge in [-0.1, -0.05) is 0 Å². The second kappa shape index (κ2) is 7.73. The van der Waals surface area contributed by atoms with E-state index in [1.54, 1.807) is 0 Å². The third-order valence-corrected chi connectivity index (χ3v) is 0.763. The lowest BCUT2D eigenvalue weighted by molar-refractivity contribution is -0.196. The minimum Gasteiger partial charge on any atom is -0.479 e. The molecule has 0 fully saturated rings. The van der Waals surface area contributed by atoms with E-state index < -0.39 is 23.8 Å². The molecule has 0 aliphatic carbocycles. The van der Waals surface area contributed by atoms with Gasteiger partial charge in [-0.25, -0.2) is 9.59 Å². The Kier molecular flexibility index (Phi) is 10.5. The summed E-state index contributed by atoms with van der Waals surface area (Å²) in [6.45, 7) is 1.97. The SMILES string of the molecule is CC(O)(O)C(=O)O.CC(O)C(=O)O.[AlH3]. The Labute approximate surface area is 90.7 Å². The highest BCUT2D eigenvalue weighted by atomic mass is 27.0. The summed E-state index contributed by atoms with van der Waals surface area (Å²) >= 11 is 0. The Morgan fingerprint density at radius 2 is 1.36 bits per heavy atom. The van der Waals surface area contributed by atoms with Crippen LogP contribution in [0, 0.1) is 0 Å². The van der Waals surface area contributed by atoms with E-state index in [1.165, 1.54) is 6.92 Å². The maximum atomic E-state index is 9.52. The van der Waals surface area contributed by atoms with E-state index in [4.69, 9.17) is 25.5 Å². The summed E-state index contributed by atoms with van der Waals surface area (Å²) in [5, 5.41) is 39.6. The molecule has 0 bridgehead atoms. The van der Waals surface area contributed by atoms with Gasteiger partial charge in [0.05, 0.1) is 0 Å². The first-order valence-corrected chi connectivity index (χ1v) is 3.18. The molecule has 0 saturated heterocycles. The third kappa shape index (κ3) is 13.9. The molecule has 0 amide bonds. The Morgan fingerprint density at radius 3 is 1.36 bits per heavy atom. The van der Waals surface area contributed by atoms with Crippen molar-refractivity contribution < 1.29 is 35.1 Å². The minimum absolute atomic E-state index is 0. The molecule has 8 heteroatoms. The number of rotatable bonds is 2. The van der Waals surface area contributed by atoms with Crippen LogP contribution in [0.5, 0.6) is 0 Å². The topological polar surface area (TPSA) is 135 Å². The van der Waals surface area contributed by atoms with Crippen LogP contribution < -0.4 is 0 Å². The number of aliphatic carboxylic acids is 2. The summed E-state index contributed by atoms with van der Waals surface area (Å²) in [5.41, 5.74) is 0. The zero-order valence-corrected chi connectivity index (χ0v) is 7.13. The van der Waals surface area contributed by atoms with E-state index in [-0.39, 0.29) is 17.4 Å². The second-order valence-electron chi connectivity index (χ2n) is 2.34. The van der Waals surface area contributed by atoms with Crippen molar-refractivity contribution in [2.24, 2.45) is 0 Å². The number of aliphatic hydroxyl groups excluding tert-OH is 1. The monoisotopic (exact) mass is 226 g/mol. The largest absolute Gasteiger partial charge is 0.479 e. The van der Waals surface area contributed by atoms with Crippen molar-refractivity contribution in [3.63, 3.8) is 0 Å². The van der Waals surface area contributed by atoms with Gasteiger partial charge in [0.2, 0.25) is 0 Å². The van der Waals surface area contributed by atoms with Crippen molar-refractivity contribution in [1.82, 2.24) is 0 Å². The van der Waals surface area contributed by atoms with E-state index in [0.29, 0.717) is 0 Å². The predicted molar refractivity (Wildman–Crippen MR) is 49.7 cm³/mol. The number of carboxylic acid groups (broad SMARTS) is 2. The number of carbonyl (C=O) groups is 2. The van der Waals surface area contributed by atoms with Gasteiger partial charge in [0.25, 0.3) is 5.79 Å². The fraction of sp³-hybridized carbons (Fsp3) is 0.667. The lowest BCUT2D eigenvalue weighted by Crippen LogP contribution is -2.33. The third-order valence-electron chi connectivity index (χ3n) is 0.763. The minimum atomic E-state index is -2.58. The average Bonchev–Trinajstić information content (AvgIpc) is 1.86. The van der Waals surface area contributed by atoms with Crippen molar-refractivity contribution in [3.05, 3.63) is 0 Å². The lowest BCUT2D eigenvalue weighted by Gasteiger charge is -2.06. The van der Waals surface area contributed by atoms with Crippen molar-refractivity contribution in [3.8, 4) is 0 Å². The van der Waals surface area contributed by atoms with Crippen molar-refractivity contribution in [2.45, 2.75) is 25.7 Å². The lowest BCUT2D eigenvalue weighted by atomic mass is 10.3. The highest BCUT2D eigenvalue weighted by Gasteiger charge is 2.24. The van der Waals surface area contributed by atoms with Crippen LogP contribution in [-0.4, -0.2) is 66.7 Å². The average molecular weight is 226 g/mol. The molecule has 0 aliphatic heterocycles. The van der Waals surface area contributed by atoms with Gasteiger partial charge in [-0.2, -0.15) is 0 Å². The van der Waals surface area contributed by atoms with Crippen molar-refractivity contribution in [2.75, 3.05) is 0 Å². The molecule has 0 aromatic heterocycles. The van der Waals surface area contributed by atoms with Gasteiger partial charge < -0.3 is 25.5 Å². The number of aliphatic hydroxyl groups is 3. The van der Waals surface area contributed by atoms with Gasteiger partial charge in [-0.15, -0.1) is 0 Å². The normalized spacial score (nSPS) is 11.5. The molecule has 0 radical (unpaired) electrons. The molecule has 0 aromatic carbocycles. The molecule has 0 spiro atoms. The molecular weight excluding hydrogens is 211 g/mol. The zero-order chi connectivity index (χ0) is 11.2. The van der Waals surface area contributed by atoms with E-state index in [1.807, 2.05) is 0 Å². The van der Waals surface area contributed by atoms with Crippen LogP contribution in [0.1, 0.15) is 13.8 Å². The number of hydrogen-bond acceptors (Lipinski definition) is 5. The molecule has 14 heavy (non-hydrogen) atoms. The summed E-state index contributed by atoms with van der Waals surface area (Å²) in [5.74, 6) is -5.41. The molecule has 84 valence electrons. The predicted octanol–water partition coefficient (Wildman–Crippen LogP) is -2.96. The van der Waals surface area contributed by atoms with Gasteiger partial charge in [0, 0.05) is 6.92 Å². The van der Waals surface area contributed by atoms with E-state index >= 15 is 0 Å². The van der Waals surface area contributed by atoms with Gasteiger partial charge >= 0.3 is 11.9 Å². The summed E-state index contributed by atoms with van der Waals surface area (Å²) in [6, 6.07) is 0. The second-order valence-corrected chi connectivity index (χ2v) is 2.34. The summed E-state index contributed by atoms with van der Waals surface area (Å²) in [6.07, 6.45) is -1.23. The summed E-state index contributed by atoms with van der Waals surface area (Å²) in [7, 11) is 0. The number of hydrogen-bond donors (Lipinski definition) is 5. The van der Waals surface area contributed by atoms with Crippen molar-refractivity contribution >= 4 is 29.3 Å². The molecule has 1 unspecified atom stereocenters. The Hall–Kier alpha value is -0.648. The fourth-order valence-electron chi connectivity index (χ4n) is 0. The standard InChI is InChI=1S/C3H6O4.C3H6O3.Al.3H/c1-3(6,7)2(4)5;1-2(4)3(5)6;;;;/h6-7H,1H3,(H,4,5);2,4H,1H3,(H,5,6);;;;. The molecular formula is C6H15AlO7. The molecule has 0 heterocycles. The quantitative estimate of drug-likeness (QED) is 0.251. The van der Waals surface area contributed by atoms with Crippen LogP contribution in [-0.2, 0) is 9.59 Å². The number of carboxylic acids is 2. The van der Waals surface area contributed by atoms with Gasteiger partial charge in [0.1, 0.15) is 6.10 Å². The first-order valence-electron chi connectivity index (χ1n) is 3.18. The van der Waals surface area contributed by atoms with Crippen LogP contribution >= 0.6 is 0 Å². The molecule has 0 aromatic rings. The Morgan fingerprint density at radius 1 is 1.21 bits per heavy atom. The fourth-order valence-corrected chi connectivity index (χ4v) is 0. The summed E-state index contributed by atoms with van der Waals surface area (Å²) < 4.78 is 0. The first-order chi connectivity index (χ1) is 5.59. The Balaban J connectivity index is -0.000000163. The van der Waals surface area contributed by atoms with Gasteiger partial charge in [-0.3, -0.25) is 0 Å². The highest BCUT2D eigenvalue weighted by molar-refractivity contribution is 5.75. The van der Waals surface area contributed by atoms with Crippen LogP contribution in [0.15, 0.2) is 0 Å². The van der Waals surface area contributed by atoms with E-state index in [9.17, 15) is 9.59 Å². The smallest absolute Gasteiger partial charge is 0.363 e. The maximum absolute atomic E-state index is 9.52. The summed E-state index contributed by atoms with van der Waals surface area (Å²) in [4.78, 5) is 19.0.